The maximum Gasteiger partial charge on any atom is 0.230 e. The molecule has 2 rings (SSSR count). The van der Waals surface area contributed by atoms with Crippen molar-refractivity contribution in [1.29, 1.82) is 0 Å². The summed E-state index contributed by atoms with van der Waals surface area (Å²) in [6, 6.07) is 0.144. The van der Waals surface area contributed by atoms with Crippen molar-refractivity contribution in [3.05, 3.63) is 0 Å². The number of carbonyl (C=O) groups excluding carboxylic acids is 1. The highest BCUT2D eigenvalue weighted by molar-refractivity contribution is 7.99. The predicted molar refractivity (Wildman–Crippen MR) is 74.6 cm³/mol. The van der Waals surface area contributed by atoms with Crippen LogP contribution in [-0.4, -0.2) is 42.7 Å². The van der Waals surface area contributed by atoms with Gasteiger partial charge in [-0.3, -0.25) is 4.79 Å². The Labute approximate surface area is 113 Å². The van der Waals surface area contributed by atoms with Crippen LogP contribution in [0.5, 0.6) is 0 Å². The van der Waals surface area contributed by atoms with Crippen LogP contribution in [0.15, 0.2) is 0 Å². The second-order valence-corrected chi connectivity index (χ2v) is 6.86. The summed E-state index contributed by atoms with van der Waals surface area (Å²) in [6.45, 7) is 2.84. The molecule has 1 aliphatic carbocycles. The molecule has 0 aromatic rings. The molecule has 1 heterocycles. The van der Waals surface area contributed by atoms with Crippen LogP contribution >= 0.6 is 11.8 Å². The summed E-state index contributed by atoms with van der Waals surface area (Å²) in [7, 11) is 0. The largest absolute Gasteiger partial charge is 0.379 e. The Morgan fingerprint density at radius 1 is 1.39 bits per heavy atom. The zero-order chi connectivity index (χ0) is 13.2. The Bertz CT molecular complexity index is 305. The molecule has 0 bridgehead atoms. The van der Waals surface area contributed by atoms with Crippen LogP contribution in [0.25, 0.3) is 0 Å². The molecule has 0 aromatic heterocycles. The minimum atomic E-state index is -0.545. The Kier molecular flexibility index (Phi) is 4.56. The van der Waals surface area contributed by atoms with Gasteiger partial charge in [-0.25, -0.2) is 0 Å². The van der Waals surface area contributed by atoms with E-state index in [1.165, 1.54) is 12.8 Å². The fourth-order valence-corrected chi connectivity index (χ4v) is 3.46. The van der Waals surface area contributed by atoms with Gasteiger partial charge in [-0.1, -0.05) is 0 Å². The van der Waals surface area contributed by atoms with E-state index in [1.54, 1.807) is 0 Å². The number of carbonyl (C=O) groups is 1. The maximum atomic E-state index is 12.3. The number of hydrogen-bond acceptors (Lipinski definition) is 4. The van der Waals surface area contributed by atoms with Crippen LogP contribution < -0.4 is 11.1 Å². The summed E-state index contributed by atoms with van der Waals surface area (Å²) < 4.78 is 5.33. The molecule has 1 saturated heterocycles. The first-order valence-corrected chi connectivity index (χ1v) is 8.02. The minimum Gasteiger partial charge on any atom is -0.379 e. The molecular weight excluding hydrogens is 248 g/mol. The van der Waals surface area contributed by atoms with E-state index in [-0.39, 0.29) is 11.9 Å². The van der Waals surface area contributed by atoms with Gasteiger partial charge >= 0.3 is 0 Å². The quantitative estimate of drug-likeness (QED) is 0.808. The zero-order valence-electron chi connectivity index (χ0n) is 11.3. The summed E-state index contributed by atoms with van der Waals surface area (Å²) in [5.41, 5.74) is 5.43. The molecule has 2 unspecified atom stereocenters. The van der Waals surface area contributed by atoms with Gasteiger partial charge in [0, 0.05) is 17.3 Å². The van der Waals surface area contributed by atoms with Gasteiger partial charge < -0.3 is 15.8 Å². The average Bonchev–Trinajstić information content (AvgIpc) is 2.72. The summed E-state index contributed by atoms with van der Waals surface area (Å²) >= 11 is 1.94. The van der Waals surface area contributed by atoms with Crippen molar-refractivity contribution in [3.63, 3.8) is 0 Å². The molecule has 2 fully saturated rings. The van der Waals surface area contributed by atoms with Crippen molar-refractivity contribution in [2.45, 2.75) is 49.9 Å². The smallest absolute Gasteiger partial charge is 0.230 e. The van der Waals surface area contributed by atoms with E-state index in [1.807, 2.05) is 18.7 Å². The lowest BCUT2D eigenvalue weighted by molar-refractivity contribution is -0.131. The molecule has 0 aromatic carbocycles. The highest BCUT2D eigenvalue weighted by Crippen LogP contribution is 2.30. The second-order valence-electron chi connectivity index (χ2n) is 5.72. The molecule has 4 nitrogen and oxygen atoms in total. The van der Waals surface area contributed by atoms with Gasteiger partial charge in [0.15, 0.2) is 0 Å². The van der Waals surface area contributed by atoms with Gasteiger partial charge in [0.1, 0.15) is 0 Å². The van der Waals surface area contributed by atoms with Gasteiger partial charge in [0.2, 0.25) is 5.91 Å². The van der Waals surface area contributed by atoms with Crippen LogP contribution in [0.3, 0.4) is 0 Å². The number of nitrogens with two attached hydrogens (primary N) is 1. The number of nitrogens with one attached hydrogen (secondary N) is 1. The molecule has 18 heavy (non-hydrogen) atoms. The third-order valence-electron chi connectivity index (χ3n) is 4.38. The summed E-state index contributed by atoms with van der Waals surface area (Å²) in [6.07, 6.45) is 6.74. The highest BCUT2D eigenvalue weighted by Gasteiger charge is 2.44. The molecule has 0 spiro atoms. The van der Waals surface area contributed by atoms with E-state index in [0.717, 1.165) is 18.1 Å². The van der Waals surface area contributed by atoms with E-state index in [9.17, 15) is 4.79 Å². The van der Waals surface area contributed by atoms with Crippen LogP contribution in [0, 0.1) is 5.41 Å². The summed E-state index contributed by atoms with van der Waals surface area (Å²) in [5.74, 6) is 0.0695. The Morgan fingerprint density at radius 2 is 2.06 bits per heavy atom. The summed E-state index contributed by atoms with van der Waals surface area (Å²) in [5, 5.41) is 3.94. The topological polar surface area (TPSA) is 64.3 Å². The van der Waals surface area contributed by atoms with Gasteiger partial charge in [-0.05, 0) is 38.9 Å². The molecule has 2 aliphatic rings. The molecule has 5 heteroatoms. The minimum absolute atomic E-state index is 0.0695. The molecule has 104 valence electrons. The van der Waals surface area contributed by atoms with Crippen LogP contribution in [0.4, 0.5) is 0 Å². The standard InChI is InChI=1S/C13H24N2O2S/c1-13(8-17-7-11(13)14)12(16)15-9-3-5-10(18-2)6-4-9/h9-11H,3-8,14H2,1-2H3,(H,15,16). The Morgan fingerprint density at radius 3 is 2.56 bits per heavy atom. The van der Waals surface area contributed by atoms with Gasteiger partial charge in [0.05, 0.1) is 18.6 Å². The molecular formula is C13H24N2O2S. The molecule has 1 aliphatic heterocycles. The first kappa shape index (κ1) is 14.2. The third kappa shape index (κ3) is 2.83. The van der Waals surface area contributed by atoms with E-state index < -0.39 is 5.41 Å². The molecule has 0 radical (unpaired) electrons. The van der Waals surface area contributed by atoms with Gasteiger partial charge in [-0.15, -0.1) is 0 Å². The molecule has 1 amide bonds. The van der Waals surface area contributed by atoms with Crippen molar-refractivity contribution < 1.29 is 9.53 Å². The third-order valence-corrected chi connectivity index (χ3v) is 5.52. The Hall–Kier alpha value is -0.260. The first-order valence-electron chi connectivity index (χ1n) is 6.73. The van der Waals surface area contributed by atoms with Crippen molar-refractivity contribution in [3.8, 4) is 0 Å². The lowest BCUT2D eigenvalue weighted by atomic mass is 9.84. The number of rotatable bonds is 3. The SMILES string of the molecule is CSC1CCC(NC(=O)C2(C)COCC2N)CC1. The predicted octanol–water partition coefficient (Wildman–Crippen LogP) is 1.14. The number of amides is 1. The number of hydrogen-bond donors (Lipinski definition) is 2. The van der Waals surface area contributed by atoms with Crippen molar-refractivity contribution in [2.75, 3.05) is 19.5 Å². The molecule has 2 atom stereocenters. The second kappa shape index (κ2) is 5.80. The van der Waals surface area contributed by atoms with E-state index >= 15 is 0 Å². The lowest BCUT2D eigenvalue weighted by Gasteiger charge is -2.32. The van der Waals surface area contributed by atoms with E-state index in [0.29, 0.717) is 19.3 Å². The number of thioether (sulfide) groups is 1. The highest BCUT2D eigenvalue weighted by atomic mass is 32.2. The maximum absolute atomic E-state index is 12.3. The average molecular weight is 272 g/mol. The van der Waals surface area contributed by atoms with Crippen molar-refractivity contribution >= 4 is 17.7 Å². The Balaban J connectivity index is 1.85. The van der Waals surface area contributed by atoms with Crippen LogP contribution in [-0.2, 0) is 9.53 Å². The van der Waals surface area contributed by atoms with Crippen molar-refractivity contribution in [2.24, 2.45) is 11.1 Å². The van der Waals surface area contributed by atoms with E-state index in [2.05, 4.69) is 11.6 Å². The van der Waals surface area contributed by atoms with Crippen LogP contribution in [0.1, 0.15) is 32.6 Å². The van der Waals surface area contributed by atoms with Crippen molar-refractivity contribution in [1.82, 2.24) is 5.32 Å². The lowest BCUT2D eigenvalue weighted by Crippen LogP contribution is -2.52. The molecule has 1 saturated carbocycles. The van der Waals surface area contributed by atoms with E-state index in [4.69, 9.17) is 10.5 Å². The first-order chi connectivity index (χ1) is 8.56. The normalized spacial score (nSPS) is 40.7. The summed E-state index contributed by atoms with van der Waals surface area (Å²) in [4.78, 5) is 12.3. The fourth-order valence-electron chi connectivity index (χ4n) is 2.72. The molecule has 3 N–H and O–H groups in total. The van der Waals surface area contributed by atoms with Gasteiger partial charge in [-0.2, -0.15) is 11.8 Å². The number of ether oxygens (including phenoxy) is 1. The van der Waals surface area contributed by atoms with Gasteiger partial charge in [0.25, 0.3) is 0 Å². The zero-order valence-corrected chi connectivity index (χ0v) is 12.1. The van der Waals surface area contributed by atoms with Crippen LogP contribution in [0.2, 0.25) is 0 Å². The monoisotopic (exact) mass is 272 g/mol. The fraction of sp³-hybridized carbons (Fsp3) is 0.923.